The maximum atomic E-state index is 15.5. The Kier molecular flexibility index (Phi) is 8.31. The minimum Gasteiger partial charge on any atom is -0.435 e. The van der Waals surface area contributed by atoms with E-state index >= 15 is 4.39 Å². The third-order valence-corrected chi connectivity index (χ3v) is 8.50. The van der Waals surface area contributed by atoms with Crippen LogP contribution in [0.1, 0.15) is 23.7 Å². The van der Waals surface area contributed by atoms with Crippen LogP contribution in [0, 0.1) is 5.92 Å². The number of nitrogens with one attached hydrogen (secondary N) is 2. The number of fused-ring (bicyclic) bond motifs is 1. The molecule has 3 aliphatic heterocycles. The van der Waals surface area contributed by atoms with Gasteiger partial charge in [-0.2, -0.15) is 0 Å². The SMILES string of the molecule is CC1=CC2C(F)=C(Oc3ncnc(Nc4ccc(N5CCCN(C)CC5)cc4)c3C(=O)N3CCN(C)CC3)C=C(F)C2N1. The van der Waals surface area contributed by atoms with Crippen molar-refractivity contribution in [3.05, 3.63) is 71.4 Å². The van der Waals surface area contributed by atoms with Crippen molar-refractivity contribution in [2.45, 2.75) is 19.4 Å². The van der Waals surface area contributed by atoms with Crippen LogP contribution in [-0.2, 0) is 0 Å². The molecule has 2 fully saturated rings. The molecule has 10 nitrogen and oxygen atoms in total. The Morgan fingerprint density at radius 1 is 0.977 bits per heavy atom. The molecular formula is C31H38F2N8O2. The van der Waals surface area contributed by atoms with Gasteiger partial charge < -0.3 is 35.0 Å². The summed E-state index contributed by atoms with van der Waals surface area (Å²) in [5, 5.41) is 6.20. The molecule has 1 aliphatic carbocycles. The van der Waals surface area contributed by atoms with E-state index < -0.39 is 23.6 Å². The molecule has 0 saturated carbocycles. The third kappa shape index (κ3) is 6.21. The number of allylic oxidation sites excluding steroid dienone is 2. The molecule has 2 aromatic rings. The van der Waals surface area contributed by atoms with Gasteiger partial charge in [-0.25, -0.2) is 18.7 Å². The Morgan fingerprint density at radius 2 is 1.70 bits per heavy atom. The summed E-state index contributed by atoms with van der Waals surface area (Å²) in [6, 6.07) is 7.18. The van der Waals surface area contributed by atoms with Crippen molar-refractivity contribution in [3.63, 3.8) is 0 Å². The Hall–Kier alpha value is -4.03. The second-order valence-corrected chi connectivity index (χ2v) is 11.7. The van der Waals surface area contributed by atoms with E-state index in [0.29, 0.717) is 31.9 Å². The molecule has 4 heterocycles. The molecule has 4 aliphatic rings. The maximum Gasteiger partial charge on any atom is 0.263 e. The van der Waals surface area contributed by atoms with Crippen molar-refractivity contribution in [2.24, 2.45) is 5.92 Å². The van der Waals surface area contributed by atoms with E-state index in [2.05, 4.69) is 42.3 Å². The standard InChI is InChI=1S/C31H38F2N8O2/c1-20-17-23-27(33)25(18-24(32)28(23)36-20)43-30-26(31(42)41-15-12-39(3)13-16-41)29(34-19-35-30)37-21-5-7-22(8-6-21)40-10-4-9-38(2)11-14-40/h5-8,17-19,23,28,36H,4,9-16H2,1-3H3,(H,34,35,37). The zero-order chi connectivity index (χ0) is 30.1. The average Bonchev–Trinajstić information content (AvgIpc) is 3.27. The smallest absolute Gasteiger partial charge is 0.263 e. The Bertz CT molecular complexity index is 1450. The number of benzene rings is 1. The van der Waals surface area contributed by atoms with Crippen molar-refractivity contribution >= 4 is 23.1 Å². The zero-order valence-corrected chi connectivity index (χ0v) is 24.8. The maximum absolute atomic E-state index is 15.5. The molecule has 1 aromatic heterocycles. The third-order valence-electron chi connectivity index (χ3n) is 8.50. The Balaban J connectivity index is 1.30. The van der Waals surface area contributed by atoms with Crippen molar-refractivity contribution in [1.29, 1.82) is 0 Å². The van der Waals surface area contributed by atoms with Crippen molar-refractivity contribution in [3.8, 4) is 5.88 Å². The van der Waals surface area contributed by atoms with Crippen molar-refractivity contribution in [1.82, 2.24) is 30.0 Å². The summed E-state index contributed by atoms with van der Waals surface area (Å²) < 4.78 is 36.4. The lowest BCUT2D eigenvalue weighted by atomic mass is 9.94. The number of piperazine rings is 1. The number of halogens is 2. The van der Waals surface area contributed by atoms with Crippen LogP contribution in [0.3, 0.4) is 0 Å². The highest BCUT2D eigenvalue weighted by Gasteiger charge is 2.39. The Morgan fingerprint density at radius 3 is 2.47 bits per heavy atom. The van der Waals surface area contributed by atoms with Gasteiger partial charge in [-0.05, 0) is 58.3 Å². The largest absolute Gasteiger partial charge is 0.435 e. The van der Waals surface area contributed by atoms with E-state index in [9.17, 15) is 9.18 Å². The van der Waals surface area contributed by atoms with E-state index in [1.807, 2.05) is 31.3 Å². The van der Waals surface area contributed by atoms with Crippen LogP contribution in [0.4, 0.5) is 26.0 Å². The number of rotatable bonds is 6. The number of ether oxygens (including phenoxy) is 1. The molecule has 2 unspecified atom stereocenters. The fourth-order valence-electron chi connectivity index (χ4n) is 5.94. The fraction of sp³-hybridized carbons (Fsp3) is 0.452. The molecule has 1 amide bonds. The van der Waals surface area contributed by atoms with Gasteiger partial charge in [0.1, 0.15) is 17.7 Å². The molecular weight excluding hydrogens is 554 g/mol. The van der Waals surface area contributed by atoms with Crippen LogP contribution in [0.25, 0.3) is 0 Å². The van der Waals surface area contributed by atoms with Crippen LogP contribution in [-0.4, -0.2) is 103 Å². The summed E-state index contributed by atoms with van der Waals surface area (Å²) in [6.07, 6.45) is 5.01. The number of nitrogens with zero attached hydrogens (tertiary/aromatic N) is 6. The van der Waals surface area contributed by atoms with Gasteiger partial charge in [0.05, 0.1) is 12.0 Å². The predicted molar refractivity (Wildman–Crippen MR) is 162 cm³/mol. The van der Waals surface area contributed by atoms with Crippen molar-refractivity contribution in [2.75, 3.05) is 76.7 Å². The van der Waals surface area contributed by atoms with Crippen LogP contribution in [0.2, 0.25) is 0 Å². The number of hydrogen-bond acceptors (Lipinski definition) is 9. The lowest BCUT2D eigenvalue weighted by molar-refractivity contribution is 0.0661. The predicted octanol–water partition coefficient (Wildman–Crippen LogP) is 3.67. The summed E-state index contributed by atoms with van der Waals surface area (Å²) in [5.74, 6) is -2.56. The highest BCUT2D eigenvalue weighted by Crippen LogP contribution is 2.38. The summed E-state index contributed by atoms with van der Waals surface area (Å²) >= 11 is 0. The molecule has 0 bridgehead atoms. The molecule has 2 saturated heterocycles. The van der Waals surface area contributed by atoms with Crippen LogP contribution < -0.4 is 20.3 Å². The average molecular weight is 593 g/mol. The molecule has 2 N–H and O–H groups in total. The van der Waals surface area contributed by atoms with E-state index in [0.717, 1.165) is 50.1 Å². The first-order valence-corrected chi connectivity index (χ1v) is 14.8. The number of carbonyl (C=O) groups is 1. The molecule has 228 valence electrons. The van der Waals surface area contributed by atoms with Gasteiger partial charge in [0.2, 0.25) is 5.88 Å². The molecule has 43 heavy (non-hydrogen) atoms. The minimum absolute atomic E-state index is 0.0687. The molecule has 0 radical (unpaired) electrons. The van der Waals surface area contributed by atoms with Gasteiger partial charge in [-0.1, -0.05) is 6.08 Å². The molecule has 0 spiro atoms. The molecule has 12 heteroatoms. The van der Waals surface area contributed by atoms with E-state index in [1.54, 1.807) is 17.9 Å². The normalized spacial score (nSPS) is 23.3. The van der Waals surface area contributed by atoms with Crippen LogP contribution in [0.15, 0.2) is 65.9 Å². The topological polar surface area (TPSA) is 89.1 Å². The Labute approximate surface area is 250 Å². The molecule has 2 atom stereocenters. The minimum atomic E-state index is -0.834. The lowest BCUT2D eigenvalue weighted by Gasteiger charge is -2.33. The van der Waals surface area contributed by atoms with Gasteiger partial charge in [-0.15, -0.1) is 0 Å². The number of anilines is 3. The summed E-state index contributed by atoms with van der Waals surface area (Å²) in [7, 11) is 4.15. The van der Waals surface area contributed by atoms with Crippen molar-refractivity contribution < 1.29 is 18.3 Å². The number of hydrogen-bond donors (Lipinski definition) is 2. The first kappa shape index (κ1) is 29.1. The monoisotopic (exact) mass is 592 g/mol. The summed E-state index contributed by atoms with van der Waals surface area (Å²) in [5.41, 5.74) is 2.60. The van der Waals surface area contributed by atoms with Crippen LogP contribution in [0.5, 0.6) is 5.88 Å². The second kappa shape index (κ2) is 12.3. The summed E-state index contributed by atoms with van der Waals surface area (Å²) in [6.45, 7) is 8.22. The number of amides is 1. The van der Waals surface area contributed by atoms with Crippen LogP contribution >= 0.6 is 0 Å². The van der Waals surface area contributed by atoms with E-state index in [4.69, 9.17) is 4.74 Å². The van der Waals surface area contributed by atoms with E-state index in [-0.39, 0.29) is 28.9 Å². The first-order valence-electron chi connectivity index (χ1n) is 14.8. The second-order valence-electron chi connectivity index (χ2n) is 11.7. The quantitative estimate of drug-likeness (QED) is 0.522. The lowest BCUT2D eigenvalue weighted by Crippen LogP contribution is -2.47. The van der Waals surface area contributed by atoms with Gasteiger partial charge >= 0.3 is 0 Å². The van der Waals surface area contributed by atoms with Gasteiger partial charge in [-0.3, -0.25) is 4.79 Å². The highest BCUT2D eigenvalue weighted by molar-refractivity contribution is 6.01. The first-order chi connectivity index (χ1) is 20.8. The van der Waals surface area contributed by atoms with Gasteiger partial charge in [0.15, 0.2) is 17.4 Å². The van der Waals surface area contributed by atoms with E-state index in [1.165, 1.54) is 6.33 Å². The zero-order valence-electron chi connectivity index (χ0n) is 24.8. The number of likely N-dealkylation sites (N-methyl/N-ethyl adjacent to an activating group) is 2. The fourth-order valence-corrected chi connectivity index (χ4v) is 5.94. The summed E-state index contributed by atoms with van der Waals surface area (Å²) in [4.78, 5) is 31.1. The highest BCUT2D eigenvalue weighted by atomic mass is 19.1. The molecule has 1 aromatic carbocycles. The number of carbonyl (C=O) groups excluding carboxylic acids is 1. The number of aromatic nitrogens is 2. The van der Waals surface area contributed by atoms with Gasteiger partial charge in [0.25, 0.3) is 5.91 Å². The molecule has 6 rings (SSSR count). The van der Waals surface area contributed by atoms with Gasteiger partial charge in [0, 0.05) is 69.0 Å².